The molecule has 0 saturated carbocycles. The highest BCUT2D eigenvalue weighted by Crippen LogP contribution is 2.23. The number of hydrogen-bond acceptors (Lipinski definition) is 0. The summed E-state index contributed by atoms with van der Waals surface area (Å²) in [5, 5.41) is 0. The zero-order valence-electron chi connectivity index (χ0n) is 7.09. The van der Waals surface area contributed by atoms with Gasteiger partial charge in [0.15, 0.2) is 0 Å². The molecule has 58 valence electrons. The van der Waals surface area contributed by atoms with E-state index < -0.39 is 0 Å². The molecule has 0 radical (unpaired) electrons. The quantitative estimate of drug-likeness (QED) is 0.530. The van der Waals surface area contributed by atoms with Gasteiger partial charge in [-0.05, 0) is 37.0 Å². The normalized spacial score (nSPS) is 15.1. The van der Waals surface area contributed by atoms with E-state index in [-0.39, 0.29) is 0 Å². The maximum Gasteiger partial charge on any atom is 0.0436 e. The van der Waals surface area contributed by atoms with Crippen LogP contribution < -0.4 is 0 Å². The Kier molecular flexibility index (Phi) is 1.38. The molecule has 0 aromatic carbocycles. The first kappa shape index (κ1) is 6.71. The molecule has 0 atom stereocenters. The van der Waals surface area contributed by atoms with Gasteiger partial charge >= 0.3 is 0 Å². The van der Waals surface area contributed by atoms with Crippen LogP contribution >= 0.6 is 0 Å². The lowest BCUT2D eigenvalue weighted by Crippen LogP contribution is -1.96. The Morgan fingerprint density at radius 2 is 2.27 bits per heavy atom. The molecule has 1 aromatic rings. The lowest BCUT2D eigenvalue weighted by molar-refractivity contribution is 0.885. The van der Waals surface area contributed by atoms with Crippen LogP contribution in [0.15, 0.2) is 12.3 Å². The molecule has 0 unspecified atom stereocenters. The van der Waals surface area contributed by atoms with Crippen molar-refractivity contribution in [2.45, 2.75) is 19.8 Å². The summed E-state index contributed by atoms with van der Waals surface area (Å²) in [5.41, 5.74) is 4.37. The minimum absolute atomic E-state index is 1.21. The van der Waals surface area contributed by atoms with Crippen molar-refractivity contribution in [2.24, 2.45) is 7.05 Å². The first-order chi connectivity index (χ1) is 5.29. The van der Waals surface area contributed by atoms with Gasteiger partial charge in [0, 0.05) is 18.9 Å². The zero-order valence-corrected chi connectivity index (χ0v) is 7.09. The van der Waals surface area contributed by atoms with Gasteiger partial charge in [0.2, 0.25) is 0 Å². The Bertz CT molecular complexity index is 305. The summed E-state index contributed by atoms with van der Waals surface area (Å²) in [6, 6.07) is 0. The molecule has 2 rings (SSSR count). The van der Waals surface area contributed by atoms with Crippen molar-refractivity contribution in [2.75, 3.05) is 0 Å². The molecule has 11 heavy (non-hydrogen) atoms. The van der Waals surface area contributed by atoms with E-state index in [0.29, 0.717) is 0 Å². The lowest BCUT2D eigenvalue weighted by atomic mass is 10.0. The van der Waals surface area contributed by atoms with Gasteiger partial charge in [-0.3, -0.25) is 0 Å². The van der Waals surface area contributed by atoms with Crippen LogP contribution in [0.25, 0.3) is 6.08 Å². The standard InChI is InChI=1S/C10H13N/c1-8-7-11(2)10-6-4-3-5-9(8)10/h4,6-7H,3,5H2,1-2H3. The maximum absolute atomic E-state index is 2.25. The Labute approximate surface area is 67.3 Å². The van der Waals surface area contributed by atoms with Crippen molar-refractivity contribution in [3.05, 3.63) is 29.1 Å². The molecule has 1 aliphatic rings. The largest absolute Gasteiger partial charge is 0.351 e. The number of aryl methyl sites for hydroxylation is 2. The van der Waals surface area contributed by atoms with Crippen molar-refractivity contribution in [1.82, 2.24) is 4.57 Å². The Hall–Kier alpha value is -0.980. The Morgan fingerprint density at radius 3 is 3.00 bits per heavy atom. The molecule has 0 spiro atoms. The summed E-state index contributed by atoms with van der Waals surface area (Å²) in [7, 11) is 2.11. The predicted octanol–water partition coefficient (Wildman–Crippen LogP) is 2.29. The van der Waals surface area contributed by atoms with Crippen molar-refractivity contribution < 1.29 is 0 Å². The fourth-order valence-corrected chi connectivity index (χ4v) is 1.82. The number of rotatable bonds is 0. The van der Waals surface area contributed by atoms with Gasteiger partial charge in [-0.15, -0.1) is 0 Å². The van der Waals surface area contributed by atoms with Crippen LogP contribution in [-0.4, -0.2) is 4.57 Å². The molecule has 1 aromatic heterocycles. The van der Waals surface area contributed by atoms with Crippen molar-refractivity contribution >= 4 is 6.08 Å². The molecular weight excluding hydrogens is 134 g/mol. The first-order valence-electron chi connectivity index (χ1n) is 4.10. The average Bonchev–Trinajstić information content (AvgIpc) is 2.30. The number of hydrogen-bond donors (Lipinski definition) is 0. The van der Waals surface area contributed by atoms with Crippen LogP contribution in [0.3, 0.4) is 0 Å². The molecule has 1 nitrogen and oxygen atoms in total. The smallest absolute Gasteiger partial charge is 0.0436 e. The van der Waals surface area contributed by atoms with Gasteiger partial charge in [0.05, 0.1) is 0 Å². The van der Waals surface area contributed by atoms with E-state index in [1.165, 1.54) is 29.7 Å². The van der Waals surface area contributed by atoms with E-state index in [2.05, 4.69) is 36.9 Å². The molecule has 0 fully saturated rings. The molecular formula is C10H13N. The monoisotopic (exact) mass is 147 g/mol. The highest BCUT2D eigenvalue weighted by Gasteiger charge is 2.10. The van der Waals surface area contributed by atoms with Crippen LogP contribution in [0.1, 0.15) is 23.2 Å². The van der Waals surface area contributed by atoms with Crippen molar-refractivity contribution in [3.8, 4) is 0 Å². The molecule has 1 heteroatoms. The minimum Gasteiger partial charge on any atom is -0.351 e. The van der Waals surface area contributed by atoms with Gasteiger partial charge in [-0.2, -0.15) is 0 Å². The van der Waals surface area contributed by atoms with Crippen molar-refractivity contribution in [3.63, 3.8) is 0 Å². The third-order valence-corrected chi connectivity index (χ3v) is 2.39. The molecule has 0 amide bonds. The van der Waals surface area contributed by atoms with Crippen molar-refractivity contribution in [1.29, 1.82) is 0 Å². The van der Waals surface area contributed by atoms with Crippen LogP contribution in [0.4, 0.5) is 0 Å². The number of nitrogens with zero attached hydrogens (tertiary/aromatic N) is 1. The second-order valence-electron chi connectivity index (χ2n) is 3.23. The Balaban J connectivity index is 2.63. The summed E-state index contributed by atoms with van der Waals surface area (Å²) in [4.78, 5) is 0. The number of aromatic nitrogens is 1. The van der Waals surface area contributed by atoms with Crippen LogP contribution in [0.2, 0.25) is 0 Å². The van der Waals surface area contributed by atoms with E-state index in [1.54, 1.807) is 0 Å². The van der Waals surface area contributed by atoms with E-state index in [1.807, 2.05) is 0 Å². The van der Waals surface area contributed by atoms with Crippen LogP contribution in [-0.2, 0) is 13.5 Å². The maximum atomic E-state index is 2.25. The highest BCUT2D eigenvalue weighted by atomic mass is 14.9. The van der Waals surface area contributed by atoms with Crippen LogP contribution in [0.5, 0.6) is 0 Å². The van der Waals surface area contributed by atoms with Gasteiger partial charge in [-0.25, -0.2) is 0 Å². The zero-order chi connectivity index (χ0) is 7.84. The lowest BCUT2D eigenvalue weighted by Gasteiger charge is -2.07. The minimum atomic E-state index is 1.21. The third-order valence-electron chi connectivity index (χ3n) is 2.39. The molecule has 0 saturated heterocycles. The molecule has 1 aliphatic carbocycles. The second-order valence-corrected chi connectivity index (χ2v) is 3.23. The SMILES string of the molecule is Cc1cn(C)c2c1CCC=C2. The van der Waals surface area contributed by atoms with Gasteiger partial charge in [0.25, 0.3) is 0 Å². The number of fused-ring (bicyclic) bond motifs is 1. The average molecular weight is 147 g/mol. The molecule has 0 aliphatic heterocycles. The summed E-state index contributed by atoms with van der Waals surface area (Å²) in [6.45, 7) is 2.19. The van der Waals surface area contributed by atoms with Gasteiger partial charge in [-0.1, -0.05) is 6.08 Å². The summed E-state index contributed by atoms with van der Waals surface area (Å²) < 4.78 is 2.21. The highest BCUT2D eigenvalue weighted by molar-refractivity contribution is 5.55. The first-order valence-corrected chi connectivity index (χ1v) is 4.10. The van der Waals surface area contributed by atoms with Gasteiger partial charge in [0.1, 0.15) is 0 Å². The summed E-state index contributed by atoms with van der Waals surface area (Å²) in [5.74, 6) is 0. The molecule has 1 heterocycles. The number of allylic oxidation sites excluding steroid dienone is 1. The topological polar surface area (TPSA) is 4.93 Å². The molecule has 0 N–H and O–H groups in total. The Morgan fingerprint density at radius 1 is 1.45 bits per heavy atom. The fraction of sp³-hybridized carbons (Fsp3) is 0.400. The fourth-order valence-electron chi connectivity index (χ4n) is 1.82. The van der Waals surface area contributed by atoms with E-state index in [4.69, 9.17) is 0 Å². The third kappa shape index (κ3) is 0.917. The molecule has 0 bridgehead atoms. The van der Waals surface area contributed by atoms with Gasteiger partial charge < -0.3 is 4.57 Å². The summed E-state index contributed by atoms with van der Waals surface area (Å²) >= 11 is 0. The summed E-state index contributed by atoms with van der Waals surface area (Å²) in [6.07, 6.45) is 9.12. The van der Waals surface area contributed by atoms with E-state index >= 15 is 0 Å². The van der Waals surface area contributed by atoms with E-state index in [0.717, 1.165) is 0 Å². The van der Waals surface area contributed by atoms with E-state index in [9.17, 15) is 0 Å². The second kappa shape index (κ2) is 2.26. The predicted molar refractivity (Wildman–Crippen MR) is 47.5 cm³/mol. The van der Waals surface area contributed by atoms with Crippen LogP contribution in [0, 0.1) is 6.92 Å².